The fraction of sp³-hybridized carbons (Fsp3) is 0. The van der Waals surface area contributed by atoms with Crippen LogP contribution in [0.2, 0.25) is 0 Å². The van der Waals surface area contributed by atoms with Crippen LogP contribution in [0, 0.1) is 22.7 Å². The van der Waals surface area contributed by atoms with Gasteiger partial charge >= 0.3 is 0 Å². The molecule has 0 N–H and O–H groups in total. The first-order valence-corrected chi connectivity index (χ1v) is 15.9. The zero-order valence-corrected chi connectivity index (χ0v) is 25.8. The SMILES string of the molecule is N#Cc1ccc2c(c1)c1ccccc1n2-c1c(-c2ccccc2C#N)cccc1-c1ccccc1-n1c2ccccc2c2ccccc21. The summed E-state index contributed by atoms with van der Waals surface area (Å²) in [6.45, 7) is 0. The van der Waals surface area contributed by atoms with Gasteiger partial charge in [-0.25, -0.2) is 0 Å². The summed E-state index contributed by atoms with van der Waals surface area (Å²) < 4.78 is 4.68. The van der Waals surface area contributed by atoms with Crippen molar-refractivity contribution in [2.24, 2.45) is 0 Å². The van der Waals surface area contributed by atoms with Crippen molar-refractivity contribution in [2.45, 2.75) is 0 Å². The Morgan fingerprint density at radius 3 is 1.54 bits per heavy atom. The fourth-order valence-electron chi connectivity index (χ4n) is 7.40. The van der Waals surface area contributed by atoms with Crippen molar-refractivity contribution in [3.63, 3.8) is 0 Å². The van der Waals surface area contributed by atoms with E-state index in [1.165, 1.54) is 10.8 Å². The highest BCUT2D eigenvalue weighted by molar-refractivity contribution is 6.12. The number of hydrogen-bond acceptors (Lipinski definition) is 2. The molecule has 0 spiro atoms. The van der Waals surface area contributed by atoms with E-state index in [-0.39, 0.29) is 0 Å². The van der Waals surface area contributed by atoms with Crippen LogP contribution < -0.4 is 0 Å². The Hall–Kier alpha value is -6.88. The minimum absolute atomic E-state index is 0.610. The van der Waals surface area contributed by atoms with Crippen LogP contribution in [0.15, 0.2) is 158 Å². The lowest BCUT2D eigenvalue weighted by Crippen LogP contribution is -2.04. The lowest BCUT2D eigenvalue weighted by atomic mass is 9.92. The van der Waals surface area contributed by atoms with Gasteiger partial charge in [0.25, 0.3) is 0 Å². The summed E-state index contributed by atoms with van der Waals surface area (Å²) in [5.41, 5.74) is 11.5. The molecular formula is C44H26N4. The zero-order valence-electron chi connectivity index (χ0n) is 25.8. The van der Waals surface area contributed by atoms with Gasteiger partial charge in [-0.2, -0.15) is 10.5 Å². The van der Waals surface area contributed by atoms with Crippen molar-refractivity contribution in [1.82, 2.24) is 9.13 Å². The number of aromatic nitrogens is 2. The van der Waals surface area contributed by atoms with Gasteiger partial charge in [0.15, 0.2) is 0 Å². The molecule has 0 radical (unpaired) electrons. The molecule has 2 aromatic heterocycles. The average Bonchev–Trinajstić information content (AvgIpc) is 3.67. The molecule has 9 rings (SSSR count). The molecule has 0 saturated heterocycles. The first-order valence-electron chi connectivity index (χ1n) is 15.9. The standard InChI is InChI=1S/C44H26N4/c45-27-29-24-25-43-38(26-29)35-17-6-10-23-42(35)48(43)44-36(31-13-2-1-12-30(31)28-46)18-11-19-37(44)34-16-5-9-22-41(34)47-39-20-7-3-14-32(39)33-15-4-8-21-40(33)47/h1-26H. The minimum Gasteiger partial charge on any atom is -0.309 e. The van der Waals surface area contributed by atoms with E-state index in [1.807, 2.05) is 48.5 Å². The first-order chi connectivity index (χ1) is 23.8. The predicted octanol–water partition coefficient (Wildman–Crippen LogP) is 11.0. The maximum atomic E-state index is 10.3. The van der Waals surface area contributed by atoms with Crippen molar-refractivity contribution in [3.05, 3.63) is 169 Å². The van der Waals surface area contributed by atoms with Gasteiger partial charge in [0.1, 0.15) is 0 Å². The van der Waals surface area contributed by atoms with Crippen LogP contribution in [0.5, 0.6) is 0 Å². The number of nitrogens with zero attached hydrogens (tertiary/aromatic N) is 4. The normalized spacial score (nSPS) is 11.3. The Morgan fingerprint density at radius 1 is 0.375 bits per heavy atom. The molecule has 9 aromatic rings. The quantitative estimate of drug-likeness (QED) is 0.199. The van der Waals surface area contributed by atoms with Crippen LogP contribution in [0.4, 0.5) is 0 Å². The van der Waals surface area contributed by atoms with Crippen molar-refractivity contribution < 1.29 is 0 Å². The molecule has 0 bridgehead atoms. The van der Waals surface area contributed by atoms with E-state index in [2.05, 4.69) is 130 Å². The molecule has 0 saturated carbocycles. The molecule has 0 fully saturated rings. The maximum absolute atomic E-state index is 10.3. The highest BCUT2D eigenvalue weighted by atomic mass is 15.0. The summed E-state index contributed by atoms with van der Waals surface area (Å²) >= 11 is 0. The monoisotopic (exact) mass is 610 g/mol. The lowest BCUT2D eigenvalue weighted by molar-refractivity contribution is 1.16. The van der Waals surface area contributed by atoms with E-state index in [0.717, 1.165) is 66.5 Å². The van der Waals surface area contributed by atoms with Crippen molar-refractivity contribution >= 4 is 43.6 Å². The summed E-state index contributed by atoms with van der Waals surface area (Å²) in [5.74, 6) is 0. The fourth-order valence-corrected chi connectivity index (χ4v) is 7.40. The van der Waals surface area contributed by atoms with Crippen molar-refractivity contribution in [2.75, 3.05) is 0 Å². The zero-order chi connectivity index (χ0) is 32.2. The summed E-state index contributed by atoms with van der Waals surface area (Å²) in [6.07, 6.45) is 0. The molecule has 4 heteroatoms. The number of benzene rings is 7. The third-order valence-electron chi connectivity index (χ3n) is 9.41. The van der Waals surface area contributed by atoms with Gasteiger partial charge in [0.2, 0.25) is 0 Å². The van der Waals surface area contributed by atoms with Crippen LogP contribution in [-0.2, 0) is 0 Å². The van der Waals surface area contributed by atoms with E-state index < -0.39 is 0 Å². The Bertz CT molecular complexity index is 2760. The summed E-state index contributed by atoms with van der Waals surface area (Å²) in [5, 5.41) is 24.6. The largest absolute Gasteiger partial charge is 0.309 e. The maximum Gasteiger partial charge on any atom is 0.0998 e. The second-order valence-electron chi connectivity index (χ2n) is 11.9. The molecule has 0 aliphatic rings. The van der Waals surface area contributed by atoms with E-state index in [0.29, 0.717) is 11.1 Å². The highest BCUT2D eigenvalue weighted by Crippen LogP contribution is 2.44. The smallest absolute Gasteiger partial charge is 0.0998 e. The number of hydrogen-bond donors (Lipinski definition) is 0. The predicted molar refractivity (Wildman–Crippen MR) is 195 cm³/mol. The van der Waals surface area contributed by atoms with Crippen LogP contribution in [0.1, 0.15) is 11.1 Å². The Kier molecular flexibility index (Phi) is 6.22. The molecule has 0 atom stereocenters. The molecule has 4 nitrogen and oxygen atoms in total. The second-order valence-corrected chi connectivity index (χ2v) is 11.9. The van der Waals surface area contributed by atoms with Gasteiger partial charge in [-0.3, -0.25) is 0 Å². The van der Waals surface area contributed by atoms with Gasteiger partial charge in [-0.1, -0.05) is 109 Å². The molecule has 2 heterocycles. The summed E-state index contributed by atoms with van der Waals surface area (Å²) in [4.78, 5) is 0. The molecule has 7 aromatic carbocycles. The van der Waals surface area contributed by atoms with Crippen molar-refractivity contribution in [1.29, 1.82) is 10.5 Å². The summed E-state index contributed by atoms with van der Waals surface area (Å²) in [7, 11) is 0. The van der Waals surface area contributed by atoms with Gasteiger partial charge in [0.05, 0.1) is 56.7 Å². The lowest BCUT2D eigenvalue weighted by Gasteiger charge is -2.22. The number of fused-ring (bicyclic) bond motifs is 6. The molecule has 0 amide bonds. The topological polar surface area (TPSA) is 57.4 Å². The summed E-state index contributed by atoms with van der Waals surface area (Å²) in [6, 6.07) is 58.9. The second kappa shape index (κ2) is 10.9. The van der Waals surface area contributed by atoms with Crippen LogP contribution >= 0.6 is 0 Å². The highest BCUT2D eigenvalue weighted by Gasteiger charge is 2.23. The van der Waals surface area contributed by atoms with Gasteiger partial charge in [-0.05, 0) is 48.5 Å². The van der Waals surface area contributed by atoms with Crippen LogP contribution in [-0.4, -0.2) is 9.13 Å². The van der Waals surface area contributed by atoms with E-state index in [4.69, 9.17) is 0 Å². The molecule has 222 valence electrons. The Labute approximate surface area is 277 Å². The average molecular weight is 611 g/mol. The molecule has 0 aliphatic heterocycles. The van der Waals surface area contributed by atoms with E-state index in [1.54, 1.807) is 0 Å². The molecule has 48 heavy (non-hydrogen) atoms. The number of rotatable bonds is 4. The van der Waals surface area contributed by atoms with E-state index in [9.17, 15) is 10.5 Å². The van der Waals surface area contributed by atoms with Crippen LogP contribution in [0.3, 0.4) is 0 Å². The van der Waals surface area contributed by atoms with Crippen LogP contribution in [0.25, 0.3) is 77.2 Å². The first kappa shape index (κ1) is 27.4. The molecular weight excluding hydrogens is 585 g/mol. The minimum atomic E-state index is 0.610. The Balaban J connectivity index is 1.45. The third-order valence-corrected chi connectivity index (χ3v) is 9.41. The third kappa shape index (κ3) is 4.01. The number of para-hydroxylation sites is 5. The van der Waals surface area contributed by atoms with Crippen molar-refractivity contribution in [3.8, 4) is 45.8 Å². The Morgan fingerprint density at radius 2 is 0.875 bits per heavy atom. The van der Waals surface area contributed by atoms with Gasteiger partial charge in [-0.15, -0.1) is 0 Å². The van der Waals surface area contributed by atoms with Gasteiger partial charge in [0, 0.05) is 43.8 Å². The van der Waals surface area contributed by atoms with E-state index >= 15 is 0 Å². The van der Waals surface area contributed by atoms with Gasteiger partial charge < -0.3 is 9.13 Å². The number of nitriles is 2. The molecule has 0 unspecified atom stereocenters. The molecule has 0 aliphatic carbocycles.